The molecule has 16 heavy (non-hydrogen) atoms. The van der Waals surface area contributed by atoms with Crippen LogP contribution in [0.5, 0.6) is 0 Å². The monoisotopic (exact) mass is 234 g/mol. The van der Waals surface area contributed by atoms with Crippen LogP contribution in [0.3, 0.4) is 0 Å². The molecule has 0 aliphatic heterocycles. The van der Waals surface area contributed by atoms with Crippen molar-refractivity contribution in [3.8, 4) is 5.69 Å². The van der Waals surface area contributed by atoms with Gasteiger partial charge in [0.25, 0.3) is 0 Å². The van der Waals surface area contributed by atoms with Crippen LogP contribution in [0.2, 0.25) is 5.02 Å². The van der Waals surface area contributed by atoms with E-state index in [4.69, 9.17) is 11.6 Å². The summed E-state index contributed by atoms with van der Waals surface area (Å²) < 4.78 is 1.74. The molecule has 1 aromatic heterocycles. The molecule has 2 aromatic rings. The van der Waals surface area contributed by atoms with E-state index in [1.807, 2.05) is 31.3 Å². The van der Waals surface area contributed by atoms with Gasteiger partial charge in [-0.3, -0.25) is 0 Å². The van der Waals surface area contributed by atoms with Crippen molar-refractivity contribution in [3.05, 3.63) is 46.7 Å². The molecule has 0 aliphatic rings. The highest BCUT2D eigenvalue weighted by atomic mass is 35.5. The maximum Gasteiger partial charge on any atom is 0.124 e. The van der Waals surface area contributed by atoms with Crippen molar-refractivity contribution in [2.75, 3.05) is 0 Å². The number of aromatic nitrogens is 2. The van der Waals surface area contributed by atoms with Gasteiger partial charge >= 0.3 is 0 Å². The quantitative estimate of drug-likeness (QED) is 0.765. The lowest BCUT2D eigenvalue weighted by Crippen LogP contribution is -2.01. The SMILES string of the molecule is Cc1ccn(-c2cc(Cl)ccc2CC=O)n1. The first-order valence-electron chi connectivity index (χ1n) is 4.95. The second-order valence-electron chi connectivity index (χ2n) is 3.55. The van der Waals surface area contributed by atoms with Crippen LogP contribution >= 0.6 is 11.6 Å². The van der Waals surface area contributed by atoms with Crippen molar-refractivity contribution in [2.45, 2.75) is 13.3 Å². The van der Waals surface area contributed by atoms with Crippen LogP contribution < -0.4 is 0 Å². The Bertz CT molecular complexity index is 519. The third kappa shape index (κ3) is 2.14. The maximum atomic E-state index is 10.6. The van der Waals surface area contributed by atoms with Crippen LogP contribution in [0.15, 0.2) is 30.5 Å². The molecule has 0 atom stereocenters. The van der Waals surface area contributed by atoms with Gasteiger partial charge in [0.05, 0.1) is 11.4 Å². The molecule has 4 heteroatoms. The van der Waals surface area contributed by atoms with Crippen molar-refractivity contribution >= 4 is 17.9 Å². The Morgan fingerprint density at radius 1 is 1.44 bits per heavy atom. The summed E-state index contributed by atoms with van der Waals surface area (Å²) in [5, 5.41) is 4.94. The molecule has 0 aliphatic carbocycles. The largest absolute Gasteiger partial charge is 0.303 e. The van der Waals surface area contributed by atoms with Crippen LogP contribution in [-0.2, 0) is 11.2 Å². The Hall–Kier alpha value is -1.61. The normalized spacial score (nSPS) is 10.4. The van der Waals surface area contributed by atoms with Gasteiger partial charge in [0.2, 0.25) is 0 Å². The minimum Gasteiger partial charge on any atom is -0.303 e. The first-order chi connectivity index (χ1) is 7.70. The summed E-state index contributed by atoms with van der Waals surface area (Å²) in [7, 11) is 0. The molecule has 1 heterocycles. The summed E-state index contributed by atoms with van der Waals surface area (Å²) in [5.41, 5.74) is 2.70. The van der Waals surface area contributed by atoms with Crippen LogP contribution in [0.4, 0.5) is 0 Å². The molecule has 1 aromatic carbocycles. The van der Waals surface area contributed by atoms with Gasteiger partial charge < -0.3 is 4.79 Å². The summed E-state index contributed by atoms with van der Waals surface area (Å²) in [5.74, 6) is 0. The highest BCUT2D eigenvalue weighted by Crippen LogP contribution is 2.19. The van der Waals surface area contributed by atoms with E-state index in [0.29, 0.717) is 11.4 Å². The molecule has 0 radical (unpaired) electrons. The lowest BCUT2D eigenvalue weighted by molar-refractivity contribution is -0.107. The van der Waals surface area contributed by atoms with Crippen LogP contribution in [0, 0.1) is 6.92 Å². The second kappa shape index (κ2) is 4.49. The van der Waals surface area contributed by atoms with Gasteiger partial charge in [-0.25, -0.2) is 4.68 Å². The third-order valence-corrected chi connectivity index (χ3v) is 2.55. The molecular formula is C12H11ClN2O. The van der Waals surface area contributed by atoms with Gasteiger partial charge in [0.1, 0.15) is 6.29 Å². The summed E-state index contributed by atoms with van der Waals surface area (Å²) in [6.45, 7) is 1.92. The van der Waals surface area contributed by atoms with E-state index in [0.717, 1.165) is 23.2 Å². The fourth-order valence-corrected chi connectivity index (χ4v) is 1.73. The van der Waals surface area contributed by atoms with Gasteiger partial charge in [-0.1, -0.05) is 17.7 Å². The van der Waals surface area contributed by atoms with Crippen LogP contribution in [0.1, 0.15) is 11.3 Å². The maximum absolute atomic E-state index is 10.6. The van der Waals surface area contributed by atoms with E-state index in [-0.39, 0.29) is 0 Å². The zero-order chi connectivity index (χ0) is 11.5. The number of rotatable bonds is 3. The lowest BCUT2D eigenvalue weighted by atomic mass is 10.1. The van der Waals surface area contributed by atoms with Gasteiger partial charge in [0, 0.05) is 17.6 Å². The summed E-state index contributed by atoms with van der Waals surface area (Å²) >= 11 is 5.94. The molecule has 0 saturated carbocycles. The predicted molar refractivity (Wildman–Crippen MR) is 63.1 cm³/mol. The number of nitrogens with zero attached hydrogens (tertiary/aromatic N) is 2. The Kier molecular flexibility index (Phi) is 3.06. The lowest BCUT2D eigenvalue weighted by Gasteiger charge is -2.07. The smallest absolute Gasteiger partial charge is 0.124 e. The molecule has 0 spiro atoms. The van der Waals surface area contributed by atoms with Gasteiger partial charge in [0.15, 0.2) is 0 Å². The van der Waals surface area contributed by atoms with E-state index in [9.17, 15) is 4.79 Å². The van der Waals surface area contributed by atoms with Gasteiger partial charge in [-0.2, -0.15) is 5.10 Å². The predicted octanol–water partition coefficient (Wildman–Crippen LogP) is 2.58. The molecule has 0 amide bonds. The van der Waals surface area contributed by atoms with E-state index in [2.05, 4.69) is 5.10 Å². The zero-order valence-corrected chi connectivity index (χ0v) is 9.61. The Morgan fingerprint density at radius 2 is 2.25 bits per heavy atom. The Balaban J connectivity index is 2.52. The summed E-state index contributed by atoms with van der Waals surface area (Å²) in [6.07, 6.45) is 3.10. The molecular weight excluding hydrogens is 224 g/mol. The van der Waals surface area contributed by atoms with Crippen molar-refractivity contribution in [1.82, 2.24) is 9.78 Å². The molecule has 0 bridgehead atoms. The van der Waals surface area contributed by atoms with Gasteiger partial charge in [-0.15, -0.1) is 0 Å². The first-order valence-corrected chi connectivity index (χ1v) is 5.33. The van der Waals surface area contributed by atoms with E-state index >= 15 is 0 Å². The van der Waals surface area contributed by atoms with Crippen LogP contribution in [0.25, 0.3) is 5.69 Å². The average molecular weight is 235 g/mol. The minimum atomic E-state index is 0.366. The molecule has 0 unspecified atom stereocenters. The molecule has 3 nitrogen and oxygen atoms in total. The van der Waals surface area contributed by atoms with E-state index in [1.54, 1.807) is 10.7 Å². The standard InChI is InChI=1S/C12H11ClN2O/c1-9-4-6-15(14-9)12-8-11(13)3-2-10(12)5-7-16/h2-4,6-8H,5H2,1H3. The number of benzene rings is 1. The molecule has 0 N–H and O–H groups in total. The molecule has 0 saturated heterocycles. The number of carbonyl (C=O) groups is 1. The summed E-state index contributed by atoms with van der Waals surface area (Å²) in [6, 6.07) is 7.35. The fraction of sp³-hybridized carbons (Fsp3) is 0.167. The number of aryl methyl sites for hydroxylation is 1. The van der Waals surface area contributed by atoms with Crippen molar-refractivity contribution in [3.63, 3.8) is 0 Å². The highest BCUT2D eigenvalue weighted by molar-refractivity contribution is 6.30. The number of aldehydes is 1. The second-order valence-corrected chi connectivity index (χ2v) is 3.98. The van der Waals surface area contributed by atoms with E-state index < -0.39 is 0 Å². The molecule has 0 fully saturated rings. The van der Waals surface area contributed by atoms with E-state index in [1.165, 1.54) is 0 Å². The van der Waals surface area contributed by atoms with Crippen molar-refractivity contribution in [2.24, 2.45) is 0 Å². The average Bonchev–Trinajstić information content (AvgIpc) is 2.68. The third-order valence-electron chi connectivity index (χ3n) is 2.32. The number of hydrogen-bond donors (Lipinski definition) is 0. The number of carbonyl (C=O) groups excluding carboxylic acids is 1. The van der Waals surface area contributed by atoms with Crippen molar-refractivity contribution < 1.29 is 4.79 Å². The van der Waals surface area contributed by atoms with Crippen LogP contribution in [-0.4, -0.2) is 16.1 Å². The number of hydrogen-bond acceptors (Lipinski definition) is 2. The molecule has 82 valence electrons. The van der Waals surface area contributed by atoms with Gasteiger partial charge in [-0.05, 0) is 30.7 Å². The zero-order valence-electron chi connectivity index (χ0n) is 8.85. The number of halogens is 1. The fourth-order valence-electron chi connectivity index (χ4n) is 1.56. The Labute approximate surface area is 98.7 Å². The topological polar surface area (TPSA) is 34.9 Å². The summed E-state index contributed by atoms with van der Waals surface area (Å²) in [4.78, 5) is 10.6. The Morgan fingerprint density at radius 3 is 2.88 bits per heavy atom. The van der Waals surface area contributed by atoms with Crippen molar-refractivity contribution in [1.29, 1.82) is 0 Å². The molecule has 2 rings (SSSR count). The first kappa shape index (κ1) is 10.9. The highest BCUT2D eigenvalue weighted by Gasteiger charge is 2.06. The minimum absolute atomic E-state index is 0.366.